The van der Waals surface area contributed by atoms with Crippen molar-refractivity contribution in [2.45, 2.75) is 25.9 Å². The first-order chi connectivity index (χ1) is 12.4. The number of aromatic nitrogens is 3. The molecule has 0 atom stereocenters. The SMILES string of the molecule is Cc1ccc(-c2nnc(SCC(=O)Nc3ccc(C)cc3C)n2C)cc1. The number of nitrogens with zero attached hydrogens (tertiary/aromatic N) is 3. The standard InChI is InChI=1S/C20H22N4OS/c1-13-5-8-16(9-6-13)19-22-23-20(24(19)4)26-12-18(25)21-17-10-7-14(2)11-15(17)3/h5-11H,12H2,1-4H3,(H,21,25). The van der Waals surface area contributed by atoms with E-state index in [1.54, 1.807) is 0 Å². The Morgan fingerprint density at radius 1 is 1.04 bits per heavy atom. The number of anilines is 1. The number of carbonyl (C=O) groups excluding carboxylic acids is 1. The molecule has 0 unspecified atom stereocenters. The first-order valence-corrected chi connectivity index (χ1v) is 9.39. The molecule has 5 nitrogen and oxygen atoms in total. The highest BCUT2D eigenvalue weighted by molar-refractivity contribution is 7.99. The number of thioether (sulfide) groups is 1. The van der Waals surface area contributed by atoms with Gasteiger partial charge in [0.2, 0.25) is 5.91 Å². The van der Waals surface area contributed by atoms with Gasteiger partial charge >= 0.3 is 0 Å². The second-order valence-corrected chi connectivity index (χ2v) is 7.33. The average molecular weight is 366 g/mol. The molecule has 1 N–H and O–H groups in total. The molecule has 3 aromatic rings. The van der Waals surface area contributed by atoms with E-state index in [4.69, 9.17) is 0 Å². The van der Waals surface area contributed by atoms with Crippen molar-refractivity contribution < 1.29 is 4.79 Å². The van der Waals surface area contributed by atoms with Gasteiger partial charge in [-0.2, -0.15) is 0 Å². The number of hydrogen-bond acceptors (Lipinski definition) is 4. The molecule has 6 heteroatoms. The van der Waals surface area contributed by atoms with Crippen molar-refractivity contribution in [2.24, 2.45) is 7.05 Å². The van der Waals surface area contributed by atoms with Crippen LogP contribution in [-0.2, 0) is 11.8 Å². The predicted molar refractivity (Wildman–Crippen MR) is 106 cm³/mol. The summed E-state index contributed by atoms with van der Waals surface area (Å²) in [4.78, 5) is 12.3. The molecule has 0 saturated heterocycles. The topological polar surface area (TPSA) is 59.8 Å². The van der Waals surface area contributed by atoms with E-state index in [2.05, 4.69) is 28.5 Å². The van der Waals surface area contributed by atoms with E-state index in [-0.39, 0.29) is 11.7 Å². The smallest absolute Gasteiger partial charge is 0.234 e. The molecule has 3 rings (SSSR count). The van der Waals surface area contributed by atoms with Crippen molar-refractivity contribution in [1.82, 2.24) is 14.8 Å². The summed E-state index contributed by atoms with van der Waals surface area (Å²) in [6.45, 7) is 6.08. The summed E-state index contributed by atoms with van der Waals surface area (Å²) < 4.78 is 1.92. The van der Waals surface area contributed by atoms with Crippen LogP contribution >= 0.6 is 11.8 Å². The second-order valence-electron chi connectivity index (χ2n) is 6.39. The third-order valence-corrected chi connectivity index (χ3v) is 5.15. The van der Waals surface area contributed by atoms with Gasteiger partial charge in [0.15, 0.2) is 11.0 Å². The Morgan fingerprint density at radius 3 is 2.42 bits per heavy atom. The van der Waals surface area contributed by atoms with Crippen LogP contribution in [0.15, 0.2) is 47.6 Å². The lowest BCUT2D eigenvalue weighted by Crippen LogP contribution is -2.15. The Hall–Kier alpha value is -2.60. The normalized spacial score (nSPS) is 10.8. The van der Waals surface area contributed by atoms with E-state index in [9.17, 15) is 4.79 Å². The molecule has 134 valence electrons. The summed E-state index contributed by atoms with van der Waals surface area (Å²) in [5.74, 6) is 1.02. The van der Waals surface area contributed by atoms with E-state index < -0.39 is 0 Å². The maximum atomic E-state index is 12.3. The van der Waals surface area contributed by atoms with Gasteiger partial charge in [-0.05, 0) is 32.4 Å². The second kappa shape index (κ2) is 7.74. The lowest BCUT2D eigenvalue weighted by molar-refractivity contribution is -0.113. The Morgan fingerprint density at radius 2 is 1.73 bits per heavy atom. The third kappa shape index (κ3) is 4.14. The molecule has 1 aromatic heterocycles. The molecule has 0 spiro atoms. The highest BCUT2D eigenvalue weighted by atomic mass is 32.2. The van der Waals surface area contributed by atoms with Crippen LogP contribution in [0, 0.1) is 20.8 Å². The van der Waals surface area contributed by atoms with Crippen molar-refractivity contribution in [2.75, 3.05) is 11.1 Å². The fraction of sp³-hybridized carbons (Fsp3) is 0.250. The Labute approximate surface area is 157 Å². The van der Waals surface area contributed by atoms with Crippen LogP contribution in [0.3, 0.4) is 0 Å². The van der Waals surface area contributed by atoms with Crippen LogP contribution in [0.4, 0.5) is 5.69 Å². The van der Waals surface area contributed by atoms with E-state index in [0.717, 1.165) is 27.8 Å². The fourth-order valence-corrected chi connectivity index (χ4v) is 3.38. The zero-order chi connectivity index (χ0) is 18.7. The molecular weight excluding hydrogens is 344 g/mol. The Bertz CT molecular complexity index is 931. The number of rotatable bonds is 5. The molecule has 1 amide bonds. The molecule has 0 radical (unpaired) electrons. The summed E-state index contributed by atoms with van der Waals surface area (Å²) in [6, 6.07) is 14.1. The maximum absolute atomic E-state index is 12.3. The predicted octanol–water partition coefficient (Wildman–Crippen LogP) is 4.14. The van der Waals surface area contributed by atoms with Gasteiger partial charge in [0.05, 0.1) is 5.75 Å². The van der Waals surface area contributed by atoms with Gasteiger partial charge in [-0.3, -0.25) is 4.79 Å². The van der Waals surface area contributed by atoms with Crippen LogP contribution in [-0.4, -0.2) is 26.4 Å². The molecule has 0 aliphatic heterocycles. The van der Waals surface area contributed by atoms with E-state index in [1.807, 2.05) is 61.9 Å². The van der Waals surface area contributed by atoms with Gasteiger partial charge < -0.3 is 9.88 Å². The summed E-state index contributed by atoms with van der Waals surface area (Å²) in [5.41, 5.74) is 5.30. The lowest BCUT2D eigenvalue weighted by atomic mass is 10.1. The van der Waals surface area contributed by atoms with Crippen molar-refractivity contribution >= 4 is 23.4 Å². The Kier molecular flexibility index (Phi) is 5.42. The molecule has 0 aliphatic rings. The lowest BCUT2D eigenvalue weighted by Gasteiger charge is -2.09. The van der Waals surface area contributed by atoms with Gasteiger partial charge in [0.1, 0.15) is 0 Å². The van der Waals surface area contributed by atoms with Crippen molar-refractivity contribution in [3.05, 3.63) is 59.2 Å². The van der Waals surface area contributed by atoms with Gasteiger partial charge in [-0.15, -0.1) is 10.2 Å². The largest absolute Gasteiger partial charge is 0.325 e. The summed E-state index contributed by atoms with van der Waals surface area (Å²) >= 11 is 1.38. The molecule has 1 heterocycles. The maximum Gasteiger partial charge on any atom is 0.234 e. The number of aryl methyl sites for hydroxylation is 3. The van der Waals surface area contributed by atoms with Crippen molar-refractivity contribution in [3.63, 3.8) is 0 Å². The first-order valence-electron chi connectivity index (χ1n) is 8.40. The van der Waals surface area contributed by atoms with E-state index in [0.29, 0.717) is 0 Å². The van der Waals surface area contributed by atoms with E-state index in [1.165, 1.54) is 22.9 Å². The number of benzene rings is 2. The fourth-order valence-electron chi connectivity index (χ4n) is 2.66. The Balaban J connectivity index is 1.64. The average Bonchev–Trinajstić information content (AvgIpc) is 2.97. The van der Waals surface area contributed by atoms with Gasteiger partial charge in [0.25, 0.3) is 0 Å². The van der Waals surface area contributed by atoms with E-state index >= 15 is 0 Å². The molecule has 0 fully saturated rings. The molecular formula is C20H22N4OS. The van der Waals surface area contributed by atoms with Crippen LogP contribution in [0.1, 0.15) is 16.7 Å². The highest BCUT2D eigenvalue weighted by Gasteiger charge is 2.13. The summed E-state index contributed by atoms with van der Waals surface area (Å²) in [6.07, 6.45) is 0. The zero-order valence-corrected chi connectivity index (χ0v) is 16.2. The monoisotopic (exact) mass is 366 g/mol. The minimum Gasteiger partial charge on any atom is -0.325 e. The van der Waals surface area contributed by atoms with Gasteiger partial charge in [-0.1, -0.05) is 59.3 Å². The zero-order valence-electron chi connectivity index (χ0n) is 15.4. The van der Waals surface area contributed by atoms with Crippen molar-refractivity contribution in [3.8, 4) is 11.4 Å². The number of hydrogen-bond donors (Lipinski definition) is 1. The summed E-state index contributed by atoms with van der Waals surface area (Å²) in [5, 5.41) is 12.2. The van der Waals surface area contributed by atoms with Gasteiger partial charge in [-0.25, -0.2) is 0 Å². The number of amides is 1. The molecule has 0 saturated carbocycles. The molecule has 2 aromatic carbocycles. The van der Waals surface area contributed by atoms with Crippen LogP contribution in [0.25, 0.3) is 11.4 Å². The third-order valence-electron chi connectivity index (χ3n) is 4.13. The highest BCUT2D eigenvalue weighted by Crippen LogP contribution is 2.23. The van der Waals surface area contributed by atoms with Gasteiger partial charge in [0, 0.05) is 18.3 Å². The number of carbonyl (C=O) groups is 1. The quantitative estimate of drug-likeness (QED) is 0.690. The van der Waals surface area contributed by atoms with Crippen LogP contribution in [0.5, 0.6) is 0 Å². The van der Waals surface area contributed by atoms with Crippen LogP contribution < -0.4 is 5.32 Å². The minimum absolute atomic E-state index is 0.0539. The molecule has 0 aliphatic carbocycles. The van der Waals surface area contributed by atoms with Crippen molar-refractivity contribution in [1.29, 1.82) is 0 Å². The summed E-state index contributed by atoms with van der Waals surface area (Å²) in [7, 11) is 1.92. The first kappa shape index (κ1) is 18.2. The molecule has 26 heavy (non-hydrogen) atoms. The molecule has 0 bridgehead atoms. The number of nitrogens with one attached hydrogen (secondary N) is 1. The minimum atomic E-state index is -0.0539. The van der Waals surface area contributed by atoms with Crippen LogP contribution in [0.2, 0.25) is 0 Å².